The van der Waals surface area contributed by atoms with Crippen LogP contribution >= 0.6 is 23.8 Å². The molecule has 112 valence electrons. The van der Waals surface area contributed by atoms with Crippen molar-refractivity contribution in [2.45, 2.75) is 32.9 Å². The Morgan fingerprint density at radius 2 is 2.24 bits per heavy atom. The fourth-order valence-electron chi connectivity index (χ4n) is 1.81. The number of ether oxygens (including phenoxy) is 1. The number of halogens is 1. The molecule has 2 rings (SSSR count). The molecule has 0 radical (unpaired) electrons. The van der Waals surface area contributed by atoms with Crippen molar-refractivity contribution in [3.63, 3.8) is 0 Å². The van der Waals surface area contributed by atoms with Gasteiger partial charge in [-0.2, -0.15) is 5.10 Å². The van der Waals surface area contributed by atoms with Crippen molar-refractivity contribution in [2.24, 2.45) is 5.73 Å². The van der Waals surface area contributed by atoms with E-state index < -0.39 is 0 Å². The molecular formula is C15H18ClN3OS. The maximum absolute atomic E-state index is 6.15. The lowest BCUT2D eigenvalue weighted by molar-refractivity contribution is 0.298. The van der Waals surface area contributed by atoms with Gasteiger partial charge >= 0.3 is 0 Å². The normalized spacial score (nSPS) is 12.1. The average Bonchev–Trinajstić information content (AvgIpc) is 2.93. The summed E-state index contributed by atoms with van der Waals surface area (Å²) in [6, 6.07) is 7.59. The van der Waals surface area contributed by atoms with Crippen molar-refractivity contribution in [3.05, 3.63) is 46.7 Å². The third-order valence-corrected chi connectivity index (χ3v) is 3.83. The largest absolute Gasteiger partial charge is 0.486 e. The second-order valence-corrected chi connectivity index (χ2v) is 5.69. The number of rotatable bonds is 6. The first-order valence-electron chi connectivity index (χ1n) is 6.77. The first-order chi connectivity index (χ1) is 10.0. The fraction of sp³-hybridized carbons (Fsp3) is 0.333. The molecule has 1 aromatic heterocycles. The second-order valence-electron chi connectivity index (χ2n) is 4.84. The number of hydrogen-bond acceptors (Lipinski definition) is 3. The minimum absolute atomic E-state index is 0.316. The molecule has 0 amide bonds. The van der Waals surface area contributed by atoms with Gasteiger partial charge in [0.2, 0.25) is 0 Å². The minimum atomic E-state index is 0.316. The predicted octanol–water partition coefficient (Wildman–Crippen LogP) is 3.72. The standard InChI is InChI=1S/C15H18ClN3OS/c1-3-10(2)19-7-6-12(18-19)9-20-14-5-4-11(15(17)21)8-13(14)16/h4-8,10H,3,9H2,1-2H3,(H2,17,21). The number of thiocarbonyl (C=S) groups is 1. The highest BCUT2D eigenvalue weighted by molar-refractivity contribution is 7.80. The van der Waals surface area contributed by atoms with E-state index >= 15 is 0 Å². The Morgan fingerprint density at radius 3 is 2.86 bits per heavy atom. The van der Waals surface area contributed by atoms with Crippen LogP contribution in [0.25, 0.3) is 0 Å². The molecule has 0 aliphatic carbocycles. The number of nitrogens with two attached hydrogens (primary N) is 1. The quantitative estimate of drug-likeness (QED) is 0.823. The molecule has 6 heteroatoms. The van der Waals surface area contributed by atoms with Gasteiger partial charge in [-0.25, -0.2) is 0 Å². The van der Waals surface area contributed by atoms with Gasteiger partial charge < -0.3 is 10.5 Å². The van der Waals surface area contributed by atoms with Crippen molar-refractivity contribution >= 4 is 28.8 Å². The maximum atomic E-state index is 6.15. The number of hydrogen-bond donors (Lipinski definition) is 1. The van der Waals surface area contributed by atoms with Gasteiger partial charge in [-0.15, -0.1) is 0 Å². The van der Waals surface area contributed by atoms with Crippen molar-refractivity contribution in [2.75, 3.05) is 0 Å². The van der Waals surface area contributed by atoms with Gasteiger partial charge in [0.15, 0.2) is 0 Å². The van der Waals surface area contributed by atoms with Crippen LogP contribution in [0, 0.1) is 0 Å². The van der Waals surface area contributed by atoms with Crippen LogP contribution in [0.3, 0.4) is 0 Å². The Kier molecular flexibility index (Phi) is 5.20. The molecule has 0 spiro atoms. The van der Waals surface area contributed by atoms with E-state index in [1.807, 2.05) is 16.9 Å². The maximum Gasteiger partial charge on any atom is 0.138 e. The molecule has 0 bridgehead atoms. The molecule has 0 aliphatic heterocycles. The van der Waals surface area contributed by atoms with Gasteiger partial charge in [-0.1, -0.05) is 30.7 Å². The van der Waals surface area contributed by atoms with Gasteiger partial charge in [-0.05, 0) is 37.6 Å². The van der Waals surface area contributed by atoms with E-state index in [-0.39, 0.29) is 0 Å². The first kappa shape index (κ1) is 15.8. The highest BCUT2D eigenvalue weighted by Crippen LogP contribution is 2.26. The Bertz CT molecular complexity index is 642. The molecule has 1 unspecified atom stereocenters. The van der Waals surface area contributed by atoms with Crippen molar-refractivity contribution in [1.29, 1.82) is 0 Å². The van der Waals surface area contributed by atoms with E-state index in [9.17, 15) is 0 Å². The van der Waals surface area contributed by atoms with Crippen molar-refractivity contribution < 1.29 is 4.74 Å². The highest BCUT2D eigenvalue weighted by Gasteiger charge is 2.08. The molecule has 4 nitrogen and oxygen atoms in total. The number of nitrogens with zero attached hydrogens (tertiary/aromatic N) is 2. The molecular weight excluding hydrogens is 306 g/mol. The third kappa shape index (κ3) is 3.95. The summed E-state index contributed by atoms with van der Waals surface area (Å²) < 4.78 is 7.63. The Balaban J connectivity index is 2.03. The van der Waals surface area contributed by atoms with Gasteiger partial charge in [-0.3, -0.25) is 4.68 Å². The molecule has 0 saturated carbocycles. The zero-order valence-electron chi connectivity index (χ0n) is 12.0. The zero-order valence-corrected chi connectivity index (χ0v) is 13.6. The fourth-order valence-corrected chi connectivity index (χ4v) is 2.17. The SMILES string of the molecule is CCC(C)n1ccc(COc2ccc(C(N)=S)cc2Cl)n1. The van der Waals surface area contributed by atoms with Gasteiger partial charge in [0, 0.05) is 17.8 Å². The number of aromatic nitrogens is 2. The van der Waals surface area contributed by atoms with Crippen LogP contribution in [0.15, 0.2) is 30.5 Å². The van der Waals surface area contributed by atoms with Crippen LogP contribution in [0.4, 0.5) is 0 Å². The van der Waals surface area contributed by atoms with Gasteiger partial charge in [0.1, 0.15) is 17.3 Å². The van der Waals surface area contributed by atoms with Crippen LogP contribution in [0.2, 0.25) is 5.02 Å². The molecule has 2 N–H and O–H groups in total. The average molecular weight is 324 g/mol. The lowest BCUT2D eigenvalue weighted by Gasteiger charge is -2.09. The van der Waals surface area contributed by atoms with Crippen LogP contribution in [0.1, 0.15) is 37.6 Å². The summed E-state index contributed by atoms with van der Waals surface area (Å²) in [6.45, 7) is 4.63. The van der Waals surface area contributed by atoms with Crippen molar-refractivity contribution in [1.82, 2.24) is 9.78 Å². The topological polar surface area (TPSA) is 53.1 Å². The summed E-state index contributed by atoms with van der Waals surface area (Å²) in [7, 11) is 0. The zero-order chi connectivity index (χ0) is 15.4. The lowest BCUT2D eigenvalue weighted by atomic mass is 10.2. The van der Waals surface area contributed by atoms with Gasteiger partial charge in [0.05, 0.1) is 10.7 Å². The third-order valence-electron chi connectivity index (χ3n) is 3.30. The van der Waals surface area contributed by atoms with Crippen LogP contribution in [-0.2, 0) is 6.61 Å². The summed E-state index contributed by atoms with van der Waals surface area (Å²) in [5, 5.41) is 4.97. The van der Waals surface area contributed by atoms with Crippen LogP contribution in [-0.4, -0.2) is 14.8 Å². The molecule has 1 aromatic carbocycles. The molecule has 0 saturated heterocycles. The lowest BCUT2D eigenvalue weighted by Crippen LogP contribution is -2.09. The van der Waals surface area contributed by atoms with E-state index in [1.54, 1.807) is 18.2 Å². The Morgan fingerprint density at radius 1 is 1.48 bits per heavy atom. The van der Waals surface area contributed by atoms with Crippen molar-refractivity contribution in [3.8, 4) is 5.75 Å². The number of benzene rings is 1. The predicted molar refractivity (Wildman–Crippen MR) is 88.9 cm³/mol. The van der Waals surface area contributed by atoms with E-state index in [0.29, 0.717) is 28.4 Å². The minimum Gasteiger partial charge on any atom is -0.486 e. The molecule has 0 fully saturated rings. The smallest absolute Gasteiger partial charge is 0.138 e. The first-order valence-corrected chi connectivity index (χ1v) is 7.56. The highest BCUT2D eigenvalue weighted by atomic mass is 35.5. The Hall–Kier alpha value is -1.59. The van der Waals surface area contributed by atoms with Crippen LogP contribution in [0.5, 0.6) is 5.75 Å². The summed E-state index contributed by atoms with van der Waals surface area (Å²) in [6.07, 6.45) is 3.00. The summed E-state index contributed by atoms with van der Waals surface area (Å²) in [4.78, 5) is 0.316. The summed E-state index contributed by atoms with van der Waals surface area (Å²) in [5.74, 6) is 0.592. The monoisotopic (exact) mass is 323 g/mol. The van der Waals surface area contributed by atoms with Gasteiger partial charge in [0.25, 0.3) is 0 Å². The second kappa shape index (κ2) is 6.91. The van der Waals surface area contributed by atoms with E-state index in [0.717, 1.165) is 17.7 Å². The Labute approximate surface area is 134 Å². The molecule has 21 heavy (non-hydrogen) atoms. The molecule has 2 aromatic rings. The molecule has 1 atom stereocenters. The molecule has 0 aliphatic rings. The summed E-state index contributed by atoms with van der Waals surface area (Å²) in [5.41, 5.74) is 7.15. The van der Waals surface area contributed by atoms with E-state index in [4.69, 9.17) is 34.3 Å². The van der Waals surface area contributed by atoms with E-state index in [1.165, 1.54) is 0 Å². The van der Waals surface area contributed by atoms with Crippen LogP contribution < -0.4 is 10.5 Å². The molecule has 1 heterocycles. The van der Waals surface area contributed by atoms with E-state index in [2.05, 4.69) is 18.9 Å². The summed E-state index contributed by atoms with van der Waals surface area (Å²) >= 11 is 11.1.